The SMILES string of the molecule is CCOC(=O)N1CCN(C(=O)CCc2ccco2)CC1. The van der Waals surface area contributed by atoms with Crippen molar-refractivity contribution in [3.63, 3.8) is 0 Å². The second kappa shape index (κ2) is 6.98. The van der Waals surface area contributed by atoms with Gasteiger partial charge in [0.2, 0.25) is 5.91 Å². The van der Waals surface area contributed by atoms with E-state index >= 15 is 0 Å². The van der Waals surface area contributed by atoms with Crippen molar-refractivity contribution < 1.29 is 18.7 Å². The Labute approximate surface area is 118 Å². The molecule has 0 unspecified atom stereocenters. The van der Waals surface area contributed by atoms with E-state index in [-0.39, 0.29) is 12.0 Å². The van der Waals surface area contributed by atoms with Crippen molar-refractivity contribution in [1.82, 2.24) is 9.80 Å². The number of furan rings is 1. The van der Waals surface area contributed by atoms with Gasteiger partial charge in [-0.2, -0.15) is 0 Å². The molecule has 0 atom stereocenters. The van der Waals surface area contributed by atoms with Crippen LogP contribution < -0.4 is 0 Å². The minimum absolute atomic E-state index is 0.102. The molecule has 20 heavy (non-hydrogen) atoms. The zero-order valence-electron chi connectivity index (χ0n) is 11.7. The number of carbonyl (C=O) groups excluding carboxylic acids is 2. The van der Waals surface area contributed by atoms with Crippen LogP contribution in [0.2, 0.25) is 0 Å². The molecule has 0 bridgehead atoms. The third-order valence-electron chi connectivity index (χ3n) is 3.32. The Morgan fingerprint density at radius 1 is 1.25 bits per heavy atom. The molecule has 1 aliphatic heterocycles. The van der Waals surface area contributed by atoms with Crippen LogP contribution >= 0.6 is 0 Å². The van der Waals surface area contributed by atoms with E-state index in [1.54, 1.807) is 23.0 Å². The van der Waals surface area contributed by atoms with Crippen molar-refractivity contribution in [3.05, 3.63) is 24.2 Å². The third-order valence-corrected chi connectivity index (χ3v) is 3.32. The molecular formula is C14H20N2O4. The summed E-state index contributed by atoms with van der Waals surface area (Å²) in [5.74, 6) is 0.924. The van der Waals surface area contributed by atoms with Crippen LogP contribution in [0.3, 0.4) is 0 Å². The van der Waals surface area contributed by atoms with Crippen LogP contribution in [0, 0.1) is 0 Å². The van der Waals surface area contributed by atoms with Crippen molar-refractivity contribution in [1.29, 1.82) is 0 Å². The molecule has 2 amide bonds. The van der Waals surface area contributed by atoms with Gasteiger partial charge >= 0.3 is 6.09 Å². The molecular weight excluding hydrogens is 260 g/mol. The summed E-state index contributed by atoms with van der Waals surface area (Å²) in [6.07, 6.45) is 2.37. The lowest BCUT2D eigenvalue weighted by atomic mass is 10.2. The molecule has 6 heteroatoms. The van der Waals surface area contributed by atoms with Gasteiger partial charge in [-0.25, -0.2) is 4.79 Å². The first kappa shape index (κ1) is 14.4. The Morgan fingerprint density at radius 3 is 2.55 bits per heavy atom. The molecule has 0 aromatic carbocycles. The van der Waals surface area contributed by atoms with Crippen molar-refractivity contribution in [2.24, 2.45) is 0 Å². The van der Waals surface area contributed by atoms with Crippen molar-refractivity contribution >= 4 is 12.0 Å². The Balaban J connectivity index is 1.73. The number of rotatable bonds is 4. The number of hydrogen-bond acceptors (Lipinski definition) is 4. The normalized spacial score (nSPS) is 15.2. The quantitative estimate of drug-likeness (QED) is 0.838. The summed E-state index contributed by atoms with van der Waals surface area (Å²) in [5, 5.41) is 0. The molecule has 2 heterocycles. The topological polar surface area (TPSA) is 63.0 Å². The van der Waals surface area contributed by atoms with Crippen LogP contribution in [0.15, 0.2) is 22.8 Å². The summed E-state index contributed by atoms with van der Waals surface area (Å²) < 4.78 is 10.2. The Bertz CT molecular complexity index is 436. The van der Waals surface area contributed by atoms with Gasteiger partial charge in [0, 0.05) is 39.0 Å². The number of nitrogens with zero attached hydrogens (tertiary/aromatic N) is 2. The molecule has 0 spiro atoms. The molecule has 1 fully saturated rings. The van der Waals surface area contributed by atoms with E-state index in [0.29, 0.717) is 45.6 Å². The van der Waals surface area contributed by atoms with E-state index in [1.165, 1.54) is 0 Å². The van der Waals surface area contributed by atoms with Gasteiger partial charge in [0.05, 0.1) is 12.9 Å². The fourth-order valence-corrected chi connectivity index (χ4v) is 2.20. The molecule has 0 aliphatic carbocycles. The standard InChI is InChI=1S/C14H20N2O4/c1-2-19-14(18)16-9-7-15(8-10-16)13(17)6-5-12-4-3-11-20-12/h3-4,11H,2,5-10H2,1H3. The Kier molecular flexibility index (Phi) is 5.03. The zero-order chi connectivity index (χ0) is 14.4. The number of hydrogen-bond donors (Lipinski definition) is 0. The van der Waals surface area contributed by atoms with Gasteiger partial charge in [-0.3, -0.25) is 4.79 Å². The number of carbonyl (C=O) groups is 2. The van der Waals surface area contributed by atoms with Crippen LogP contribution in [-0.4, -0.2) is 54.6 Å². The second-order valence-electron chi connectivity index (χ2n) is 4.65. The Morgan fingerprint density at radius 2 is 1.95 bits per heavy atom. The van der Waals surface area contributed by atoms with Gasteiger partial charge in [-0.15, -0.1) is 0 Å². The lowest BCUT2D eigenvalue weighted by Crippen LogP contribution is -2.50. The summed E-state index contributed by atoms with van der Waals surface area (Å²) in [7, 11) is 0. The molecule has 6 nitrogen and oxygen atoms in total. The van der Waals surface area contributed by atoms with E-state index in [4.69, 9.17) is 9.15 Å². The van der Waals surface area contributed by atoms with E-state index in [9.17, 15) is 9.59 Å². The molecule has 0 radical (unpaired) electrons. The fraction of sp³-hybridized carbons (Fsp3) is 0.571. The highest BCUT2D eigenvalue weighted by Crippen LogP contribution is 2.09. The largest absolute Gasteiger partial charge is 0.469 e. The molecule has 0 N–H and O–H groups in total. The molecule has 1 saturated heterocycles. The van der Waals surface area contributed by atoms with E-state index < -0.39 is 0 Å². The summed E-state index contributed by atoms with van der Waals surface area (Å²) in [5.41, 5.74) is 0. The first-order valence-electron chi connectivity index (χ1n) is 6.92. The summed E-state index contributed by atoms with van der Waals surface area (Å²) in [6, 6.07) is 3.68. The maximum absolute atomic E-state index is 12.0. The van der Waals surface area contributed by atoms with E-state index in [0.717, 1.165) is 5.76 Å². The highest BCUT2D eigenvalue weighted by Gasteiger charge is 2.24. The highest BCUT2D eigenvalue weighted by molar-refractivity contribution is 5.77. The average Bonchev–Trinajstić information content (AvgIpc) is 2.98. The number of amides is 2. The minimum atomic E-state index is -0.296. The number of piperazine rings is 1. The number of ether oxygens (including phenoxy) is 1. The summed E-state index contributed by atoms with van der Waals surface area (Å²) >= 11 is 0. The predicted molar refractivity (Wildman–Crippen MR) is 72.2 cm³/mol. The number of aryl methyl sites for hydroxylation is 1. The lowest BCUT2D eigenvalue weighted by Gasteiger charge is -2.34. The van der Waals surface area contributed by atoms with Crippen LogP contribution in [0.25, 0.3) is 0 Å². The van der Waals surface area contributed by atoms with Crippen molar-refractivity contribution in [2.75, 3.05) is 32.8 Å². The summed E-state index contributed by atoms with van der Waals surface area (Å²) in [6.45, 7) is 4.36. The monoisotopic (exact) mass is 280 g/mol. The lowest BCUT2D eigenvalue weighted by molar-refractivity contribution is -0.132. The maximum Gasteiger partial charge on any atom is 0.409 e. The van der Waals surface area contributed by atoms with Crippen LogP contribution in [0.4, 0.5) is 4.79 Å². The second-order valence-corrected chi connectivity index (χ2v) is 4.65. The van der Waals surface area contributed by atoms with E-state index in [1.807, 2.05) is 12.1 Å². The zero-order valence-corrected chi connectivity index (χ0v) is 11.7. The van der Waals surface area contributed by atoms with E-state index in [2.05, 4.69) is 0 Å². The first-order chi connectivity index (χ1) is 9.70. The molecule has 0 saturated carbocycles. The van der Waals surface area contributed by atoms with Crippen molar-refractivity contribution in [3.8, 4) is 0 Å². The molecule has 2 rings (SSSR count). The van der Waals surface area contributed by atoms with Gasteiger partial charge in [-0.05, 0) is 19.1 Å². The van der Waals surface area contributed by atoms with Gasteiger partial charge in [-0.1, -0.05) is 0 Å². The van der Waals surface area contributed by atoms with Gasteiger partial charge in [0.1, 0.15) is 5.76 Å². The highest BCUT2D eigenvalue weighted by atomic mass is 16.6. The predicted octanol–water partition coefficient (Wildman–Crippen LogP) is 1.51. The van der Waals surface area contributed by atoms with Crippen molar-refractivity contribution in [2.45, 2.75) is 19.8 Å². The first-order valence-corrected chi connectivity index (χ1v) is 6.92. The molecule has 1 aliphatic rings. The van der Waals surface area contributed by atoms with Gasteiger partial charge < -0.3 is 19.0 Å². The average molecular weight is 280 g/mol. The smallest absolute Gasteiger partial charge is 0.409 e. The van der Waals surface area contributed by atoms with Gasteiger partial charge in [0.25, 0.3) is 0 Å². The molecule has 1 aromatic heterocycles. The van der Waals surface area contributed by atoms with Crippen LogP contribution in [-0.2, 0) is 16.0 Å². The third kappa shape index (κ3) is 3.76. The maximum atomic E-state index is 12.0. The Hall–Kier alpha value is -1.98. The fourth-order valence-electron chi connectivity index (χ4n) is 2.20. The minimum Gasteiger partial charge on any atom is -0.469 e. The molecule has 110 valence electrons. The molecule has 1 aromatic rings. The summed E-state index contributed by atoms with van der Waals surface area (Å²) in [4.78, 5) is 27.0. The van der Waals surface area contributed by atoms with Gasteiger partial charge in [0.15, 0.2) is 0 Å². The van der Waals surface area contributed by atoms with Crippen LogP contribution in [0.5, 0.6) is 0 Å². The van der Waals surface area contributed by atoms with Crippen LogP contribution in [0.1, 0.15) is 19.1 Å².